The van der Waals surface area contributed by atoms with Crippen LogP contribution in [0.2, 0.25) is 0 Å². The molecule has 1 rings (SSSR count). The molecular weight excluding hydrogens is 124 g/mol. The van der Waals surface area contributed by atoms with E-state index in [1.807, 2.05) is 0 Å². The van der Waals surface area contributed by atoms with Crippen LogP contribution in [-0.2, 0) is 4.79 Å². The van der Waals surface area contributed by atoms with Crippen molar-refractivity contribution in [1.29, 1.82) is 0 Å². The summed E-state index contributed by atoms with van der Waals surface area (Å²) in [6, 6.07) is 0. The fourth-order valence-electron chi connectivity index (χ4n) is 1.41. The lowest BCUT2D eigenvalue weighted by Gasteiger charge is -2.25. The molecule has 3 atom stereocenters. The zero-order valence-electron chi connectivity index (χ0n) is 6.58. The van der Waals surface area contributed by atoms with Crippen LogP contribution in [0.15, 0.2) is 12.2 Å². The van der Waals surface area contributed by atoms with E-state index in [0.717, 1.165) is 12.7 Å². The van der Waals surface area contributed by atoms with Crippen molar-refractivity contribution in [2.45, 2.75) is 20.3 Å². The molecule has 1 nitrogen and oxygen atoms in total. The second kappa shape index (κ2) is 3.00. The molecule has 0 fully saturated rings. The summed E-state index contributed by atoms with van der Waals surface area (Å²) in [6.07, 6.45) is 6.34. The molecule has 0 aromatic rings. The summed E-state index contributed by atoms with van der Waals surface area (Å²) in [5, 5.41) is 0. The molecule has 1 aliphatic rings. The van der Waals surface area contributed by atoms with E-state index in [2.05, 4.69) is 26.0 Å². The van der Waals surface area contributed by atoms with Gasteiger partial charge in [-0.1, -0.05) is 26.0 Å². The van der Waals surface area contributed by atoms with Gasteiger partial charge in [0.05, 0.1) is 0 Å². The topological polar surface area (TPSA) is 17.1 Å². The molecule has 1 heteroatoms. The van der Waals surface area contributed by atoms with Crippen LogP contribution >= 0.6 is 0 Å². The molecule has 56 valence electrons. The van der Waals surface area contributed by atoms with Gasteiger partial charge < -0.3 is 4.79 Å². The van der Waals surface area contributed by atoms with E-state index >= 15 is 0 Å². The zero-order valence-corrected chi connectivity index (χ0v) is 6.58. The van der Waals surface area contributed by atoms with Crippen LogP contribution in [0.25, 0.3) is 0 Å². The molecule has 0 bridgehead atoms. The Morgan fingerprint density at radius 1 is 1.50 bits per heavy atom. The number of carbonyl (C=O) groups excluding carboxylic acids is 1. The second-order valence-corrected chi connectivity index (χ2v) is 3.18. The van der Waals surface area contributed by atoms with Gasteiger partial charge in [0.25, 0.3) is 0 Å². The molecule has 10 heavy (non-hydrogen) atoms. The van der Waals surface area contributed by atoms with Gasteiger partial charge in [0.15, 0.2) is 0 Å². The summed E-state index contributed by atoms with van der Waals surface area (Å²) in [5.41, 5.74) is 0. The summed E-state index contributed by atoms with van der Waals surface area (Å²) in [4.78, 5) is 10.5. The Morgan fingerprint density at radius 3 is 2.70 bits per heavy atom. The number of rotatable bonds is 1. The largest absolute Gasteiger partial charge is 0.303 e. The van der Waals surface area contributed by atoms with Crippen molar-refractivity contribution >= 4 is 6.29 Å². The van der Waals surface area contributed by atoms with Crippen LogP contribution in [-0.4, -0.2) is 6.29 Å². The minimum atomic E-state index is 0.264. The lowest BCUT2D eigenvalue weighted by atomic mass is 9.79. The van der Waals surface area contributed by atoms with Crippen molar-refractivity contribution < 1.29 is 4.79 Å². The van der Waals surface area contributed by atoms with Gasteiger partial charge in [-0.3, -0.25) is 0 Å². The summed E-state index contributed by atoms with van der Waals surface area (Å²) in [5.74, 6) is 1.37. The first-order valence-corrected chi connectivity index (χ1v) is 3.87. The maximum absolute atomic E-state index is 10.5. The molecular formula is C9H14O. The molecule has 1 aliphatic carbocycles. The molecule has 0 radical (unpaired) electrons. The highest BCUT2D eigenvalue weighted by molar-refractivity contribution is 5.55. The molecule has 0 aromatic carbocycles. The third-order valence-corrected chi connectivity index (χ3v) is 2.53. The zero-order chi connectivity index (χ0) is 7.56. The first-order chi connectivity index (χ1) is 4.75. The minimum Gasteiger partial charge on any atom is -0.303 e. The van der Waals surface area contributed by atoms with Gasteiger partial charge in [0.2, 0.25) is 0 Å². The summed E-state index contributed by atoms with van der Waals surface area (Å²) < 4.78 is 0. The molecule has 0 spiro atoms. The quantitative estimate of drug-likeness (QED) is 0.400. The average Bonchev–Trinajstić information content (AvgIpc) is 1.95. The highest BCUT2D eigenvalue weighted by atomic mass is 16.1. The molecule has 0 amide bonds. The smallest absolute Gasteiger partial charge is 0.123 e. The molecule has 0 saturated carbocycles. The lowest BCUT2D eigenvalue weighted by molar-refractivity contribution is -0.112. The summed E-state index contributed by atoms with van der Waals surface area (Å²) in [7, 11) is 0. The molecule has 0 aromatic heterocycles. The fourth-order valence-corrected chi connectivity index (χ4v) is 1.41. The normalized spacial score (nSPS) is 39.6. The Kier molecular flexibility index (Phi) is 2.25. The Hall–Kier alpha value is -0.590. The Balaban J connectivity index is 2.64. The van der Waals surface area contributed by atoms with Crippen LogP contribution in [0.4, 0.5) is 0 Å². The van der Waals surface area contributed by atoms with Crippen LogP contribution in [0.5, 0.6) is 0 Å². The Morgan fingerprint density at radius 2 is 2.20 bits per heavy atom. The van der Waals surface area contributed by atoms with Gasteiger partial charge in [0.1, 0.15) is 6.29 Å². The highest BCUT2D eigenvalue weighted by Gasteiger charge is 2.22. The first kappa shape index (κ1) is 7.52. The summed E-state index contributed by atoms with van der Waals surface area (Å²) in [6.45, 7) is 4.31. The van der Waals surface area contributed by atoms with Crippen molar-refractivity contribution in [1.82, 2.24) is 0 Å². The number of carbonyl (C=O) groups is 1. The molecule has 0 heterocycles. The number of hydrogen-bond donors (Lipinski definition) is 0. The van der Waals surface area contributed by atoms with Crippen molar-refractivity contribution in [3.05, 3.63) is 12.2 Å². The number of aldehydes is 1. The van der Waals surface area contributed by atoms with E-state index in [4.69, 9.17) is 0 Å². The maximum Gasteiger partial charge on any atom is 0.123 e. The van der Waals surface area contributed by atoms with Gasteiger partial charge in [-0.2, -0.15) is 0 Å². The van der Waals surface area contributed by atoms with Gasteiger partial charge in [0, 0.05) is 5.92 Å². The fraction of sp³-hybridized carbons (Fsp3) is 0.667. The van der Waals surface area contributed by atoms with Crippen LogP contribution in [0, 0.1) is 17.8 Å². The van der Waals surface area contributed by atoms with E-state index in [1.54, 1.807) is 0 Å². The lowest BCUT2D eigenvalue weighted by Crippen LogP contribution is -2.21. The Bertz CT molecular complexity index is 149. The molecule has 0 aliphatic heterocycles. The van der Waals surface area contributed by atoms with Gasteiger partial charge in [-0.05, 0) is 18.3 Å². The average molecular weight is 138 g/mol. The van der Waals surface area contributed by atoms with Gasteiger partial charge >= 0.3 is 0 Å². The number of hydrogen-bond acceptors (Lipinski definition) is 1. The predicted molar refractivity (Wildman–Crippen MR) is 41.6 cm³/mol. The SMILES string of the molecule is CC1C=CCC(C=O)C1C. The van der Waals surface area contributed by atoms with Crippen LogP contribution in [0.1, 0.15) is 20.3 Å². The van der Waals surface area contributed by atoms with Crippen LogP contribution < -0.4 is 0 Å². The van der Waals surface area contributed by atoms with Gasteiger partial charge in [-0.25, -0.2) is 0 Å². The summed E-state index contributed by atoms with van der Waals surface area (Å²) >= 11 is 0. The van der Waals surface area contributed by atoms with E-state index in [-0.39, 0.29) is 5.92 Å². The molecule has 3 unspecified atom stereocenters. The van der Waals surface area contributed by atoms with Crippen LogP contribution in [0.3, 0.4) is 0 Å². The van der Waals surface area contributed by atoms with E-state index in [0.29, 0.717) is 11.8 Å². The second-order valence-electron chi connectivity index (χ2n) is 3.18. The number of allylic oxidation sites excluding steroid dienone is 2. The third-order valence-electron chi connectivity index (χ3n) is 2.53. The third kappa shape index (κ3) is 1.28. The predicted octanol–water partition coefficient (Wildman–Crippen LogP) is 2.03. The van der Waals surface area contributed by atoms with Crippen molar-refractivity contribution in [2.24, 2.45) is 17.8 Å². The monoisotopic (exact) mass is 138 g/mol. The standard InChI is InChI=1S/C9H14O/c1-7-4-3-5-9(6-10)8(7)2/h3-4,6-9H,5H2,1-2H3. The first-order valence-electron chi connectivity index (χ1n) is 3.87. The van der Waals surface area contributed by atoms with E-state index in [9.17, 15) is 4.79 Å². The van der Waals surface area contributed by atoms with E-state index < -0.39 is 0 Å². The molecule has 0 saturated heterocycles. The van der Waals surface area contributed by atoms with Crippen molar-refractivity contribution in [3.63, 3.8) is 0 Å². The van der Waals surface area contributed by atoms with Crippen molar-refractivity contribution in [2.75, 3.05) is 0 Å². The van der Waals surface area contributed by atoms with Crippen molar-refractivity contribution in [3.8, 4) is 0 Å². The Labute approximate surface area is 62.1 Å². The minimum absolute atomic E-state index is 0.264. The molecule has 0 N–H and O–H groups in total. The highest BCUT2D eigenvalue weighted by Crippen LogP contribution is 2.27. The van der Waals surface area contributed by atoms with Gasteiger partial charge in [-0.15, -0.1) is 0 Å². The maximum atomic E-state index is 10.5. The van der Waals surface area contributed by atoms with E-state index in [1.165, 1.54) is 0 Å².